The van der Waals surface area contributed by atoms with Gasteiger partial charge in [0.2, 0.25) is 11.7 Å². The van der Waals surface area contributed by atoms with Crippen LogP contribution in [0.3, 0.4) is 0 Å². The molecule has 152 valence electrons. The first-order valence-corrected chi connectivity index (χ1v) is 10.8. The van der Waals surface area contributed by atoms with E-state index in [9.17, 15) is 0 Å². The van der Waals surface area contributed by atoms with E-state index >= 15 is 0 Å². The van der Waals surface area contributed by atoms with E-state index in [0.29, 0.717) is 22.6 Å². The highest BCUT2D eigenvalue weighted by molar-refractivity contribution is 7.99. The summed E-state index contributed by atoms with van der Waals surface area (Å²) in [6.45, 7) is 4.22. The third kappa shape index (κ3) is 4.35. The van der Waals surface area contributed by atoms with Gasteiger partial charge in [-0.15, -0.1) is 11.8 Å². The standard InChI is InChI=1S/C23H21ClN4OS/c1-14-9-10-18(12-15(14)2)30-20(16-6-4-7-17(24)13-16)23-27-22(28-29-23)19-8-5-11-26-21(19)25-3/h4-13,20H,1-3H3,(H,25,26). The first kappa shape index (κ1) is 20.4. The van der Waals surface area contributed by atoms with Crippen molar-refractivity contribution in [2.75, 3.05) is 12.4 Å². The largest absolute Gasteiger partial charge is 0.373 e. The van der Waals surface area contributed by atoms with E-state index in [4.69, 9.17) is 21.1 Å². The van der Waals surface area contributed by atoms with E-state index in [0.717, 1.165) is 16.0 Å². The van der Waals surface area contributed by atoms with Crippen LogP contribution in [0.5, 0.6) is 0 Å². The average molecular weight is 437 g/mol. The van der Waals surface area contributed by atoms with Gasteiger partial charge in [0.25, 0.3) is 0 Å². The number of thioether (sulfide) groups is 1. The lowest BCUT2D eigenvalue weighted by atomic mass is 10.1. The Morgan fingerprint density at radius 3 is 2.67 bits per heavy atom. The normalized spacial score (nSPS) is 12.0. The van der Waals surface area contributed by atoms with Crippen LogP contribution in [0.15, 0.2) is 70.2 Å². The summed E-state index contributed by atoms with van der Waals surface area (Å²) in [6.07, 6.45) is 1.72. The highest BCUT2D eigenvalue weighted by Gasteiger charge is 2.24. The van der Waals surface area contributed by atoms with Crippen LogP contribution in [-0.2, 0) is 0 Å². The van der Waals surface area contributed by atoms with Gasteiger partial charge in [0.05, 0.1) is 5.56 Å². The molecule has 0 aliphatic rings. The SMILES string of the molecule is CNc1ncccc1-c1noc(C(Sc2ccc(C)c(C)c2)c2cccc(Cl)c2)n1. The molecule has 0 amide bonds. The zero-order valence-corrected chi connectivity index (χ0v) is 18.5. The second-order valence-electron chi connectivity index (χ2n) is 6.90. The summed E-state index contributed by atoms with van der Waals surface area (Å²) in [7, 11) is 1.82. The van der Waals surface area contributed by atoms with E-state index in [-0.39, 0.29) is 5.25 Å². The van der Waals surface area contributed by atoms with Crippen molar-refractivity contribution in [1.82, 2.24) is 15.1 Å². The van der Waals surface area contributed by atoms with Crippen LogP contribution in [0.1, 0.15) is 27.8 Å². The maximum Gasteiger partial charge on any atom is 0.244 e. The first-order chi connectivity index (χ1) is 14.5. The van der Waals surface area contributed by atoms with E-state index in [1.807, 2.05) is 43.4 Å². The van der Waals surface area contributed by atoms with Crippen molar-refractivity contribution in [2.45, 2.75) is 24.0 Å². The molecule has 0 aliphatic heterocycles. The Balaban J connectivity index is 1.74. The number of hydrogen-bond donors (Lipinski definition) is 1. The predicted octanol–water partition coefficient (Wildman–Crippen LogP) is 6.33. The number of benzene rings is 2. The number of aromatic nitrogens is 3. The van der Waals surface area contributed by atoms with Gasteiger partial charge in [-0.2, -0.15) is 4.98 Å². The van der Waals surface area contributed by atoms with Gasteiger partial charge in [-0.25, -0.2) is 4.98 Å². The van der Waals surface area contributed by atoms with Crippen LogP contribution in [0.2, 0.25) is 5.02 Å². The zero-order valence-electron chi connectivity index (χ0n) is 16.9. The molecule has 2 aromatic carbocycles. The molecule has 0 fully saturated rings. The molecule has 1 N–H and O–H groups in total. The van der Waals surface area contributed by atoms with Crippen molar-refractivity contribution in [1.29, 1.82) is 0 Å². The molecule has 0 saturated heterocycles. The minimum absolute atomic E-state index is 0.193. The zero-order chi connectivity index (χ0) is 21.1. The monoisotopic (exact) mass is 436 g/mol. The Morgan fingerprint density at radius 2 is 1.90 bits per heavy atom. The minimum atomic E-state index is -0.193. The molecule has 0 aliphatic carbocycles. The lowest BCUT2D eigenvalue weighted by Gasteiger charge is -2.14. The second-order valence-corrected chi connectivity index (χ2v) is 8.52. The van der Waals surface area contributed by atoms with E-state index in [1.54, 1.807) is 18.0 Å². The number of nitrogens with zero attached hydrogens (tertiary/aromatic N) is 3. The number of pyridine rings is 1. The number of halogens is 1. The quantitative estimate of drug-likeness (QED) is 0.356. The molecule has 1 atom stereocenters. The van der Waals surface area contributed by atoms with Crippen molar-refractivity contribution < 1.29 is 4.52 Å². The minimum Gasteiger partial charge on any atom is -0.373 e. The van der Waals surface area contributed by atoms with Crippen LogP contribution in [0.4, 0.5) is 5.82 Å². The van der Waals surface area contributed by atoms with Crippen LogP contribution >= 0.6 is 23.4 Å². The highest BCUT2D eigenvalue weighted by atomic mass is 35.5. The van der Waals surface area contributed by atoms with Crippen molar-refractivity contribution in [2.24, 2.45) is 0 Å². The molecular formula is C23H21ClN4OS. The smallest absolute Gasteiger partial charge is 0.244 e. The maximum atomic E-state index is 6.27. The van der Waals surface area contributed by atoms with E-state index in [2.05, 4.69) is 47.5 Å². The van der Waals surface area contributed by atoms with Gasteiger partial charge in [0.1, 0.15) is 11.1 Å². The molecule has 4 rings (SSSR count). The summed E-state index contributed by atoms with van der Waals surface area (Å²) in [4.78, 5) is 10.2. The van der Waals surface area contributed by atoms with E-state index < -0.39 is 0 Å². The van der Waals surface area contributed by atoms with Gasteiger partial charge in [-0.05, 0) is 66.9 Å². The molecule has 2 aromatic heterocycles. The van der Waals surface area contributed by atoms with Gasteiger partial charge in [-0.1, -0.05) is 35.0 Å². The summed E-state index contributed by atoms with van der Waals surface area (Å²) >= 11 is 7.93. The molecule has 0 bridgehead atoms. The fourth-order valence-corrected chi connectivity index (χ4v) is 4.43. The van der Waals surface area contributed by atoms with Gasteiger partial charge in [-0.3, -0.25) is 0 Å². The lowest BCUT2D eigenvalue weighted by molar-refractivity contribution is 0.384. The summed E-state index contributed by atoms with van der Waals surface area (Å²) in [5.41, 5.74) is 4.29. The summed E-state index contributed by atoms with van der Waals surface area (Å²) < 4.78 is 5.72. The predicted molar refractivity (Wildman–Crippen MR) is 122 cm³/mol. The van der Waals surface area contributed by atoms with Crippen molar-refractivity contribution in [3.63, 3.8) is 0 Å². The number of nitrogens with one attached hydrogen (secondary N) is 1. The van der Waals surface area contributed by atoms with Crippen LogP contribution in [0.25, 0.3) is 11.4 Å². The van der Waals surface area contributed by atoms with Gasteiger partial charge >= 0.3 is 0 Å². The molecule has 0 spiro atoms. The molecule has 30 heavy (non-hydrogen) atoms. The van der Waals surface area contributed by atoms with Gasteiger partial charge < -0.3 is 9.84 Å². The molecule has 0 saturated carbocycles. The topological polar surface area (TPSA) is 63.8 Å². The molecular weight excluding hydrogens is 416 g/mol. The molecule has 5 nitrogen and oxygen atoms in total. The highest BCUT2D eigenvalue weighted by Crippen LogP contribution is 2.41. The van der Waals surface area contributed by atoms with Crippen LogP contribution in [0, 0.1) is 13.8 Å². The third-order valence-corrected chi connectivity index (χ3v) is 6.31. The Hall–Kier alpha value is -2.83. The number of hydrogen-bond acceptors (Lipinski definition) is 6. The van der Waals surface area contributed by atoms with E-state index in [1.165, 1.54) is 11.1 Å². The number of aryl methyl sites for hydroxylation is 2. The molecule has 2 heterocycles. The molecule has 4 aromatic rings. The van der Waals surface area contributed by atoms with Crippen molar-refractivity contribution in [3.8, 4) is 11.4 Å². The second kappa shape index (κ2) is 8.90. The summed E-state index contributed by atoms with van der Waals surface area (Å²) in [5.74, 6) is 1.71. The third-order valence-electron chi connectivity index (χ3n) is 4.84. The fourth-order valence-electron chi connectivity index (χ4n) is 3.09. The average Bonchev–Trinajstić information content (AvgIpc) is 3.24. The lowest BCUT2D eigenvalue weighted by Crippen LogP contribution is -1.99. The Morgan fingerprint density at radius 1 is 1.03 bits per heavy atom. The number of anilines is 1. The Kier molecular flexibility index (Phi) is 6.06. The number of rotatable bonds is 6. The van der Waals surface area contributed by atoms with Crippen LogP contribution in [-0.4, -0.2) is 22.2 Å². The van der Waals surface area contributed by atoms with Gasteiger partial charge in [0.15, 0.2) is 0 Å². The summed E-state index contributed by atoms with van der Waals surface area (Å²) in [5, 5.41) is 7.77. The van der Waals surface area contributed by atoms with Crippen molar-refractivity contribution >= 4 is 29.2 Å². The molecule has 7 heteroatoms. The Labute approximate surface area is 184 Å². The first-order valence-electron chi connectivity index (χ1n) is 9.51. The van der Waals surface area contributed by atoms with Crippen molar-refractivity contribution in [3.05, 3.63) is 88.4 Å². The van der Waals surface area contributed by atoms with Gasteiger partial charge in [0, 0.05) is 23.2 Å². The fraction of sp³-hybridized carbons (Fsp3) is 0.174. The summed E-state index contributed by atoms with van der Waals surface area (Å²) in [6, 6.07) is 17.9. The molecule has 1 unspecified atom stereocenters. The van der Waals surface area contributed by atoms with Crippen LogP contribution < -0.4 is 5.32 Å². The molecule has 0 radical (unpaired) electrons. The maximum absolute atomic E-state index is 6.27. The Bertz CT molecular complexity index is 1180.